The van der Waals surface area contributed by atoms with Gasteiger partial charge in [0.05, 0.1) is 0 Å². The molecule has 18 heavy (non-hydrogen) atoms. The van der Waals surface area contributed by atoms with Crippen LogP contribution in [0.15, 0.2) is 37.0 Å². The molecule has 0 radical (unpaired) electrons. The molecule has 1 fully saturated rings. The molecule has 1 saturated heterocycles. The van der Waals surface area contributed by atoms with Crippen LogP contribution in [0.4, 0.5) is 0 Å². The first-order chi connectivity index (χ1) is 8.54. The highest BCUT2D eigenvalue weighted by atomic mass is 16.2. The lowest BCUT2D eigenvalue weighted by molar-refractivity contribution is -0.127. The van der Waals surface area contributed by atoms with Crippen molar-refractivity contribution in [3.63, 3.8) is 0 Å². The van der Waals surface area contributed by atoms with Crippen molar-refractivity contribution in [3.8, 4) is 0 Å². The van der Waals surface area contributed by atoms with Crippen molar-refractivity contribution in [2.75, 3.05) is 33.7 Å². The molecule has 1 aliphatic rings. The SMILES string of the molecule is C=CC(=C)C1CCN(C(=O)/C=C/CN(C)C)CC1. The van der Waals surface area contributed by atoms with Gasteiger partial charge in [0.25, 0.3) is 0 Å². The number of likely N-dealkylation sites (tertiary alicyclic amines) is 1. The van der Waals surface area contributed by atoms with Crippen molar-refractivity contribution in [1.29, 1.82) is 0 Å². The number of allylic oxidation sites excluding steroid dienone is 2. The Balaban J connectivity index is 2.38. The lowest BCUT2D eigenvalue weighted by Crippen LogP contribution is -2.37. The fourth-order valence-electron chi connectivity index (χ4n) is 2.11. The average Bonchev–Trinajstić information content (AvgIpc) is 2.37. The largest absolute Gasteiger partial charge is 0.339 e. The van der Waals surface area contributed by atoms with Gasteiger partial charge in [-0.1, -0.05) is 30.9 Å². The quantitative estimate of drug-likeness (QED) is 0.549. The van der Waals surface area contributed by atoms with E-state index in [1.165, 1.54) is 0 Å². The molecule has 3 nitrogen and oxygen atoms in total. The third kappa shape index (κ3) is 4.49. The van der Waals surface area contributed by atoms with Crippen molar-refractivity contribution in [2.45, 2.75) is 12.8 Å². The molecule has 1 aliphatic heterocycles. The van der Waals surface area contributed by atoms with E-state index in [0.29, 0.717) is 5.92 Å². The number of likely N-dealkylation sites (N-methyl/N-ethyl adjacent to an activating group) is 1. The van der Waals surface area contributed by atoms with Gasteiger partial charge in [-0.3, -0.25) is 4.79 Å². The highest BCUT2D eigenvalue weighted by Gasteiger charge is 2.22. The van der Waals surface area contributed by atoms with E-state index < -0.39 is 0 Å². The highest BCUT2D eigenvalue weighted by Crippen LogP contribution is 2.24. The Kier molecular flexibility index (Phi) is 5.86. The summed E-state index contributed by atoms with van der Waals surface area (Å²) in [5.41, 5.74) is 1.10. The lowest BCUT2D eigenvalue weighted by Gasteiger charge is -2.31. The number of rotatable bonds is 5. The minimum atomic E-state index is 0.125. The molecular formula is C15H24N2O. The van der Waals surface area contributed by atoms with Gasteiger partial charge in [-0.25, -0.2) is 0 Å². The summed E-state index contributed by atoms with van der Waals surface area (Å²) < 4.78 is 0. The van der Waals surface area contributed by atoms with Gasteiger partial charge in [0.2, 0.25) is 5.91 Å². The summed E-state index contributed by atoms with van der Waals surface area (Å²) in [5.74, 6) is 0.622. The third-order valence-corrected chi connectivity index (χ3v) is 3.32. The Hall–Kier alpha value is -1.35. The Morgan fingerprint density at radius 2 is 2.00 bits per heavy atom. The van der Waals surface area contributed by atoms with Gasteiger partial charge in [0, 0.05) is 25.7 Å². The summed E-state index contributed by atoms with van der Waals surface area (Å²) in [6.07, 6.45) is 7.43. The zero-order valence-corrected chi connectivity index (χ0v) is 11.6. The van der Waals surface area contributed by atoms with Gasteiger partial charge < -0.3 is 9.80 Å². The molecule has 0 spiro atoms. The first-order valence-electron chi connectivity index (χ1n) is 6.46. The van der Waals surface area contributed by atoms with Crippen molar-refractivity contribution >= 4 is 5.91 Å². The number of hydrogen-bond acceptors (Lipinski definition) is 2. The van der Waals surface area contributed by atoms with Gasteiger partial charge in [0.15, 0.2) is 0 Å². The van der Waals surface area contributed by atoms with E-state index in [1.54, 1.807) is 6.08 Å². The summed E-state index contributed by atoms with van der Waals surface area (Å²) >= 11 is 0. The molecule has 0 atom stereocenters. The number of hydrogen-bond donors (Lipinski definition) is 0. The number of nitrogens with zero attached hydrogens (tertiary/aromatic N) is 2. The molecule has 1 heterocycles. The Bertz CT molecular complexity index is 336. The van der Waals surface area contributed by atoms with Crippen LogP contribution < -0.4 is 0 Å². The monoisotopic (exact) mass is 248 g/mol. The molecular weight excluding hydrogens is 224 g/mol. The van der Waals surface area contributed by atoms with Crippen molar-refractivity contribution in [1.82, 2.24) is 9.80 Å². The number of carbonyl (C=O) groups is 1. The van der Waals surface area contributed by atoms with E-state index in [4.69, 9.17) is 0 Å². The maximum absolute atomic E-state index is 11.9. The second-order valence-corrected chi connectivity index (χ2v) is 5.04. The van der Waals surface area contributed by atoms with Crippen molar-refractivity contribution in [3.05, 3.63) is 37.0 Å². The molecule has 0 aliphatic carbocycles. The summed E-state index contributed by atoms with van der Waals surface area (Å²) in [4.78, 5) is 15.9. The van der Waals surface area contributed by atoms with Crippen LogP contribution in [0.5, 0.6) is 0 Å². The van der Waals surface area contributed by atoms with Crippen LogP contribution in [-0.2, 0) is 4.79 Å². The van der Waals surface area contributed by atoms with Gasteiger partial charge >= 0.3 is 0 Å². The van der Waals surface area contributed by atoms with Crippen LogP contribution in [-0.4, -0.2) is 49.4 Å². The zero-order chi connectivity index (χ0) is 13.5. The predicted octanol–water partition coefficient (Wildman–Crippen LogP) is 2.08. The minimum absolute atomic E-state index is 0.125. The number of carbonyl (C=O) groups excluding carboxylic acids is 1. The topological polar surface area (TPSA) is 23.6 Å². The molecule has 3 heteroatoms. The minimum Gasteiger partial charge on any atom is -0.339 e. The van der Waals surface area contributed by atoms with E-state index in [1.807, 2.05) is 36.0 Å². The van der Waals surface area contributed by atoms with E-state index in [0.717, 1.165) is 38.0 Å². The van der Waals surface area contributed by atoms with Gasteiger partial charge in [0.1, 0.15) is 0 Å². The molecule has 0 saturated carbocycles. The number of piperidine rings is 1. The predicted molar refractivity (Wildman–Crippen MR) is 76.3 cm³/mol. The zero-order valence-electron chi connectivity index (χ0n) is 11.6. The second-order valence-electron chi connectivity index (χ2n) is 5.04. The maximum atomic E-state index is 11.9. The summed E-state index contributed by atoms with van der Waals surface area (Å²) in [7, 11) is 3.97. The van der Waals surface area contributed by atoms with Crippen LogP contribution in [0.3, 0.4) is 0 Å². The van der Waals surface area contributed by atoms with Crippen molar-refractivity contribution < 1.29 is 4.79 Å². The standard InChI is InChI=1S/C15H24N2O/c1-5-13(2)14-8-11-17(12-9-14)15(18)7-6-10-16(3)4/h5-7,14H,1-2,8-12H2,3-4H3/b7-6+. The van der Waals surface area contributed by atoms with Crippen LogP contribution >= 0.6 is 0 Å². The first kappa shape index (κ1) is 14.7. The summed E-state index contributed by atoms with van der Waals surface area (Å²) in [6.45, 7) is 10.2. The molecule has 0 bridgehead atoms. The molecule has 100 valence electrons. The number of amides is 1. The van der Waals surface area contributed by atoms with Gasteiger partial charge in [-0.2, -0.15) is 0 Å². The van der Waals surface area contributed by atoms with Crippen LogP contribution in [0, 0.1) is 5.92 Å². The molecule has 0 aromatic carbocycles. The molecule has 1 amide bonds. The average molecular weight is 248 g/mol. The molecule has 0 unspecified atom stereocenters. The summed E-state index contributed by atoms with van der Waals surface area (Å²) in [6, 6.07) is 0. The van der Waals surface area contributed by atoms with Crippen LogP contribution in [0.1, 0.15) is 12.8 Å². The molecule has 1 rings (SSSR count). The fourth-order valence-corrected chi connectivity index (χ4v) is 2.11. The molecule has 0 N–H and O–H groups in total. The van der Waals surface area contributed by atoms with Gasteiger partial charge in [-0.15, -0.1) is 0 Å². The molecule has 0 aromatic heterocycles. The van der Waals surface area contributed by atoms with E-state index in [9.17, 15) is 4.79 Å². The fraction of sp³-hybridized carbons (Fsp3) is 0.533. The van der Waals surface area contributed by atoms with Crippen LogP contribution in [0.2, 0.25) is 0 Å². The Morgan fingerprint density at radius 1 is 1.39 bits per heavy atom. The van der Waals surface area contributed by atoms with Gasteiger partial charge in [-0.05, 0) is 32.9 Å². The lowest BCUT2D eigenvalue weighted by atomic mass is 9.90. The Morgan fingerprint density at radius 3 is 2.50 bits per heavy atom. The smallest absolute Gasteiger partial charge is 0.246 e. The maximum Gasteiger partial charge on any atom is 0.246 e. The van der Waals surface area contributed by atoms with Crippen LogP contribution in [0.25, 0.3) is 0 Å². The first-order valence-corrected chi connectivity index (χ1v) is 6.46. The van der Waals surface area contributed by atoms with E-state index >= 15 is 0 Å². The van der Waals surface area contributed by atoms with E-state index in [-0.39, 0.29) is 5.91 Å². The highest BCUT2D eigenvalue weighted by molar-refractivity contribution is 5.87. The third-order valence-electron chi connectivity index (χ3n) is 3.32. The Labute approximate surface area is 110 Å². The summed E-state index contributed by atoms with van der Waals surface area (Å²) in [5, 5.41) is 0. The normalized spacial score (nSPS) is 17.4. The second kappa shape index (κ2) is 7.17. The van der Waals surface area contributed by atoms with E-state index in [2.05, 4.69) is 13.2 Å². The van der Waals surface area contributed by atoms with Crippen molar-refractivity contribution in [2.24, 2.45) is 5.92 Å². The molecule has 0 aromatic rings.